The van der Waals surface area contributed by atoms with Gasteiger partial charge in [-0.25, -0.2) is 4.98 Å². The third-order valence-corrected chi connectivity index (χ3v) is 3.23. The predicted molar refractivity (Wildman–Crippen MR) is 75.0 cm³/mol. The van der Waals surface area contributed by atoms with Crippen molar-refractivity contribution in [3.05, 3.63) is 40.4 Å². The van der Waals surface area contributed by atoms with Crippen LogP contribution in [-0.4, -0.2) is 9.55 Å². The van der Waals surface area contributed by atoms with Crippen LogP contribution in [0.3, 0.4) is 0 Å². The Balaban J connectivity index is 2.56. The number of benzene rings is 1. The molecule has 0 aliphatic rings. The number of fused-ring (bicyclic) bond motifs is 1. The monoisotopic (exact) mass is 264 g/mol. The van der Waals surface area contributed by atoms with Crippen LogP contribution >= 0.6 is 11.6 Å². The van der Waals surface area contributed by atoms with Gasteiger partial charge in [0.05, 0.1) is 16.8 Å². The van der Waals surface area contributed by atoms with Gasteiger partial charge in [-0.15, -0.1) is 11.6 Å². The highest BCUT2D eigenvalue weighted by atomic mass is 35.5. The number of alkyl halides is 1. The molecule has 0 saturated heterocycles. The van der Waals surface area contributed by atoms with E-state index in [0.29, 0.717) is 23.7 Å². The summed E-state index contributed by atoms with van der Waals surface area (Å²) in [6.07, 6.45) is 0.948. The highest BCUT2D eigenvalue weighted by molar-refractivity contribution is 6.16. The fourth-order valence-corrected chi connectivity index (χ4v) is 2.14. The van der Waals surface area contributed by atoms with E-state index in [0.717, 1.165) is 11.9 Å². The quantitative estimate of drug-likeness (QED) is 0.795. The highest BCUT2D eigenvalue weighted by Gasteiger charge is 2.10. The molecule has 0 amide bonds. The molecule has 96 valence electrons. The Bertz CT molecular complexity index is 604. The van der Waals surface area contributed by atoms with Gasteiger partial charge in [0.15, 0.2) is 0 Å². The van der Waals surface area contributed by atoms with E-state index in [4.69, 9.17) is 11.6 Å². The second kappa shape index (κ2) is 5.53. The van der Waals surface area contributed by atoms with Crippen LogP contribution < -0.4 is 5.56 Å². The fraction of sp³-hybridized carbons (Fsp3) is 0.429. The van der Waals surface area contributed by atoms with Crippen molar-refractivity contribution in [2.75, 3.05) is 0 Å². The van der Waals surface area contributed by atoms with Gasteiger partial charge in [0, 0.05) is 6.54 Å². The SMILES string of the molecule is CC(C)CCn1c(CCl)nc2ccccc2c1=O. The Morgan fingerprint density at radius 2 is 2.06 bits per heavy atom. The summed E-state index contributed by atoms with van der Waals surface area (Å²) < 4.78 is 1.70. The molecule has 0 radical (unpaired) electrons. The lowest BCUT2D eigenvalue weighted by Crippen LogP contribution is -2.25. The largest absolute Gasteiger partial charge is 0.295 e. The average Bonchev–Trinajstić information content (AvgIpc) is 2.37. The smallest absolute Gasteiger partial charge is 0.261 e. The van der Waals surface area contributed by atoms with Crippen molar-refractivity contribution in [2.24, 2.45) is 5.92 Å². The number of nitrogens with zero attached hydrogens (tertiary/aromatic N) is 2. The number of para-hydroxylation sites is 1. The van der Waals surface area contributed by atoms with Gasteiger partial charge in [0.2, 0.25) is 0 Å². The first-order valence-electron chi connectivity index (χ1n) is 6.18. The summed E-state index contributed by atoms with van der Waals surface area (Å²) in [6, 6.07) is 7.40. The zero-order valence-electron chi connectivity index (χ0n) is 10.7. The lowest BCUT2D eigenvalue weighted by molar-refractivity contribution is 0.497. The third-order valence-electron chi connectivity index (χ3n) is 2.99. The van der Waals surface area contributed by atoms with E-state index in [1.54, 1.807) is 4.57 Å². The number of halogens is 1. The molecule has 0 saturated carbocycles. The molecule has 0 bridgehead atoms. The van der Waals surface area contributed by atoms with Crippen molar-refractivity contribution < 1.29 is 0 Å². The second-order valence-corrected chi connectivity index (χ2v) is 5.09. The van der Waals surface area contributed by atoms with Crippen molar-refractivity contribution in [2.45, 2.75) is 32.7 Å². The van der Waals surface area contributed by atoms with Crippen molar-refractivity contribution in [1.29, 1.82) is 0 Å². The maximum atomic E-state index is 12.4. The minimum atomic E-state index is 0.0110. The molecule has 1 aromatic carbocycles. The first-order chi connectivity index (χ1) is 8.63. The first kappa shape index (κ1) is 13.1. The second-order valence-electron chi connectivity index (χ2n) is 4.82. The van der Waals surface area contributed by atoms with E-state index in [-0.39, 0.29) is 11.4 Å². The van der Waals surface area contributed by atoms with Gasteiger partial charge in [-0.2, -0.15) is 0 Å². The van der Waals surface area contributed by atoms with E-state index in [1.807, 2.05) is 24.3 Å². The van der Waals surface area contributed by atoms with Gasteiger partial charge in [-0.1, -0.05) is 26.0 Å². The Morgan fingerprint density at radius 1 is 1.33 bits per heavy atom. The summed E-state index contributed by atoms with van der Waals surface area (Å²) in [5, 5.41) is 0.662. The molecule has 1 aromatic heterocycles. The standard InChI is InChI=1S/C14H17ClN2O/c1-10(2)7-8-17-13(9-15)16-12-6-4-3-5-11(12)14(17)18/h3-6,10H,7-9H2,1-2H3. The van der Waals surface area contributed by atoms with Crippen molar-refractivity contribution in [1.82, 2.24) is 9.55 Å². The number of hydrogen-bond donors (Lipinski definition) is 0. The zero-order chi connectivity index (χ0) is 13.1. The van der Waals surface area contributed by atoms with E-state index in [1.165, 1.54) is 0 Å². The molecular weight excluding hydrogens is 248 g/mol. The predicted octanol–water partition coefficient (Wildman–Crippen LogP) is 3.18. The highest BCUT2D eigenvalue weighted by Crippen LogP contribution is 2.11. The van der Waals surface area contributed by atoms with Gasteiger partial charge in [0.25, 0.3) is 5.56 Å². The normalized spacial score (nSPS) is 11.3. The summed E-state index contributed by atoms with van der Waals surface area (Å²) in [5.74, 6) is 1.46. The van der Waals surface area contributed by atoms with Gasteiger partial charge < -0.3 is 0 Å². The van der Waals surface area contributed by atoms with Crippen LogP contribution in [0.2, 0.25) is 0 Å². The molecule has 0 spiro atoms. The lowest BCUT2D eigenvalue weighted by atomic mass is 10.1. The van der Waals surface area contributed by atoms with Crippen LogP contribution in [0.4, 0.5) is 0 Å². The molecule has 0 unspecified atom stereocenters. The molecular formula is C14H17ClN2O. The molecule has 0 aliphatic carbocycles. The van der Waals surface area contributed by atoms with E-state index < -0.39 is 0 Å². The topological polar surface area (TPSA) is 34.9 Å². The molecule has 0 aliphatic heterocycles. The van der Waals surface area contributed by atoms with Gasteiger partial charge >= 0.3 is 0 Å². The minimum Gasteiger partial charge on any atom is -0.295 e. The molecule has 4 heteroatoms. The number of hydrogen-bond acceptors (Lipinski definition) is 2. The Kier molecular flexibility index (Phi) is 4.02. The van der Waals surface area contributed by atoms with Gasteiger partial charge in [-0.05, 0) is 24.5 Å². The first-order valence-corrected chi connectivity index (χ1v) is 6.71. The van der Waals surface area contributed by atoms with Crippen molar-refractivity contribution in [3.63, 3.8) is 0 Å². The minimum absolute atomic E-state index is 0.0110. The maximum Gasteiger partial charge on any atom is 0.261 e. The number of aromatic nitrogens is 2. The summed E-state index contributed by atoms with van der Waals surface area (Å²) >= 11 is 5.90. The molecule has 0 N–H and O–H groups in total. The number of rotatable bonds is 4. The average molecular weight is 265 g/mol. The van der Waals surface area contributed by atoms with Crippen LogP contribution in [0.5, 0.6) is 0 Å². The van der Waals surface area contributed by atoms with Crippen LogP contribution in [0, 0.1) is 5.92 Å². The molecule has 1 heterocycles. The van der Waals surface area contributed by atoms with Crippen LogP contribution in [0.25, 0.3) is 10.9 Å². The maximum absolute atomic E-state index is 12.4. The molecule has 0 atom stereocenters. The third kappa shape index (κ3) is 2.56. The molecule has 3 nitrogen and oxygen atoms in total. The molecule has 18 heavy (non-hydrogen) atoms. The fourth-order valence-electron chi connectivity index (χ4n) is 1.93. The van der Waals surface area contributed by atoms with E-state index in [9.17, 15) is 4.79 Å². The zero-order valence-corrected chi connectivity index (χ0v) is 11.4. The molecule has 2 aromatic rings. The Labute approximate surface area is 111 Å². The molecule has 2 rings (SSSR count). The summed E-state index contributed by atoms with van der Waals surface area (Å²) in [5.41, 5.74) is 0.732. The van der Waals surface area contributed by atoms with Crippen LogP contribution in [-0.2, 0) is 12.4 Å². The summed E-state index contributed by atoms with van der Waals surface area (Å²) in [6.45, 7) is 4.95. The summed E-state index contributed by atoms with van der Waals surface area (Å²) in [7, 11) is 0. The van der Waals surface area contributed by atoms with Crippen molar-refractivity contribution >= 4 is 22.5 Å². The molecule has 0 fully saturated rings. The summed E-state index contributed by atoms with van der Waals surface area (Å²) in [4.78, 5) is 16.8. The van der Waals surface area contributed by atoms with Gasteiger partial charge in [-0.3, -0.25) is 9.36 Å². The van der Waals surface area contributed by atoms with E-state index >= 15 is 0 Å². The van der Waals surface area contributed by atoms with E-state index in [2.05, 4.69) is 18.8 Å². The van der Waals surface area contributed by atoms with Crippen LogP contribution in [0.1, 0.15) is 26.1 Å². The Hall–Kier alpha value is -1.35. The van der Waals surface area contributed by atoms with Crippen molar-refractivity contribution in [3.8, 4) is 0 Å². The van der Waals surface area contributed by atoms with Crippen LogP contribution in [0.15, 0.2) is 29.1 Å². The van der Waals surface area contributed by atoms with Gasteiger partial charge in [0.1, 0.15) is 5.82 Å². The lowest BCUT2D eigenvalue weighted by Gasteiger charge is -2.12. The Morgan fingerprint density at radius 3 is 2.72 bits per heavy atom.